The molecule has 1 saturated heterocycles. The molecule has 0 bridgehead atoms. The van der Waals surface area contributed by atoms with E-state index in [0.29, 0.717) is 18.8 Å². The van der Waals surface area contributed by atoms with Gasteiger partial charge in [-0.2, -0.15) is 0 Å². The summed E-state index contributed by atoms with van der Waals surface area (Å²) in [7, 11) is 0. The molecule has 5 nitrogen and oxygen atoms in total. The Labute approximate surface area is 135 Å². The Morgan fingerprint density at radius 3 is 1.91 bits per heavy atom. The van der Waals surface area contributed by atoms with Crippen LogP contribution >= 0.6 is 0 Å². The summed E-state index contributed by atoms with van der Waals surface area (Å²) in [5.74, 6) is -1.15. The Hall–Kier alpha value is -2.05. The highest BCUT2D eigenvalue weighted by atomic mass is 16.7. The lowest BCUT2D eigenvalue weighted by atomic mass is 10.1. The zero-order chi connectivity index (χ0) is 16.5. The molecule has 5 heteroatoms. The second kappa shape index (κ2) is 8.55. The smallest absolute Gasteiger partial charge is 0.219 e. The van der Waals surface area contributed by atoms with Gasteiger partial charge in [-0.25, -0.2) is 0 Å². The highest BCUT2D eigenvalue weighted by Crippen LogP contribution is 2.30. The topological polar surface area (TPSA) is 76.0 Å². The van der Waals surface area contributed by atoms with Crippen LogP contribution < -0.4 is 0 Å². The Balaban J connectivity index is 0.000000174. The van der Waals surface area contributed by atoms with Gasteiger partial charge < -0.3 is 19.7 Å². The Morgan fingerprint density at radius 2 is 1.43 bits per heavy atom. The largest absolute Gasteiger partial charge is 0.390 e. The molecule has 1 aliphatic rings. The van der Waals surface area contributed by atoms with Gasteiger partial charge in [0.2, 0.25) is 5.79 Å². The molecule has 122 valence electrons. The van der Waals surface area contributed by atoms with Crippen LogP contribution in [0.5, 0.6) is 0 Å². The van der Waals surface area contributed by atoms with E-state index in [4.69, 9.17) is 14.6 Å². The first-order chi connectivity index (χ1) is 11.2. The molecule has 3 rings (SSSR count). The van der Waals surface area contributed by atoms with Gasteiger partial charge >= 0.3 is 0 Å². The van der Waals surface area contributed by atoms with E-state index in [1.807, 2.05) is 36.4 Å². The predicted molar refractivity (Wildman–Crippen MR) is 85.0 cm³/mol. The third-order valence-electron chi connectivity index (χ3n) is 3.41. The van der Waals surface area contributed by atoms with Gasteiger partial charge in [0.15, 0.2) is 5.78 Å². The third kappa shape index (κ3) is 4.46. The van der Waals surface area contributed by atoms with E-state index in [1.165, 1.54) is 0 Å². The molecule has 0 aliphatic carbocycles. The number of hydrogen-bond acceptors (Lipinski definition) is 5. The molecule has 0 spiro atoms. The van der Waals surface area contributed by atoms with Gasteiger partial charge in [0.05, 0.1) is 13.2 Å². The van der Waals surface area contributed by atoms with Crippen molar-refractivity contribution in [2.45, 2.75) is 5.79 Å². The van der Waals surface area contributed by atoms with Crippen molar-refractivity contribution in [2.24, 2.45) is 0 Å². The number of rotatable bonds is 4. The third-order valence-corrected chi connectivity index (χ3v) is 3.41. The molecule has 0 atom stereocenters. The standard InChI is InChI=1S/C10H12O3.C8H8O2/c11-8-10(12-6-7-13-10)9-4-2-1-3-5-9;9-6-8(10)7-4-2-1-3-5-7/h1-5,11H,6-8H2;1-5,9H,6H2. The lowest BCUT2D eigenvalue weighted by Crippen LogP contribution is -2.31. The van der Waals surface area contributed by atoms with Gasteiger partial charge in [0, 0.05) is 11.1 Å². The van der Waals surface area contributed by atoms with Gasteiger partial charge in [-0.15, -0.1) is 0 Å². The molecule has 1 aliphatic heterocycles. The van der Waals surface area contributed by atoms with Crippen LogP contribution in [0.4, 0.5) is 0 Å². The summed E-state index contributed by atoms with van der Waals surface area (Å²) in [5, 5.41) is 17.7. The van der Waals surface area contributed by atoms with E-state index in [0.717, 1.165) is 5.56 Å². The van der Waals surface area contributed by atoms with Crippen molar-refractivity contribution < 1.29 is 24.5 Å². The monoisotopic (exact) mass is 316 g/mol. The molecule has 0 saturated carbocycles. The molecule has 0 unspecified atom stereocenters. The summed E-state index contributed by atoms with van der Waals surface area (Å²) in [6.45, 7) is 0.520. The van der Waals surface area contributed by atoms with Crippen molar-refractivity contribution in [1.82, 2.24) is 0 Å². The van der Waals surface area contributed by atoms with Gasteiger partial charge in [-0.1, -0.05) is 60.7 Å². The van der Waals surface area contributed by atoms with E-state index in [-0.39, 0.29) is 12.4 Å². The molecule has 1 fully saturated rings. The number of benzene rings is 2. The van der Waals surface area contributed by atoms with E-state index in [1.54, 1.807) is 24.3 Å². The first-order valence-corrected chi connectivity index (χ1v) is 7.35. The van der Waals surface area contributed by atoms with Crippen molar-refractivity contribution in [3.05, 3.63) is 71.8 Å². The molecule has 1 heterocycles. The number of carbonyl (C=O) groups excluding carboxylic acids is 1. The predicted octanol–water partition coefficient (Wildman–Crippen LogP) is 1.74. The molecule has 0 amide bonds. The van der Waals surface area contributed by atoms with Crippen LogP contribution in [0.3, 0.4) is 0 Å². The Kier molecular flexibility index (Phi) is 6.43. The summed E-state index contributed by atoms with van der Waals surface area (Å²) in [6, 6.07) is 18.2. The van der Waals surface area contributed by atoms with Gasteiger partial charge in [0.1, 0.15) is 13.2 Å². The number of carbonyl (C=O) groups is 1. The summed E-state index contributed by atoms with van der Waals surface area (Å²) in [5.41, 5.74) is 1.43. The number of hydrogen-bond donors (Lipinski definition) is 2. The van der Waals surface area contributed by atoms with E-state index >= 15 is 0 Å². The summed E-state index contributed by atoms with van der Waals surface area (Å²) < 4.78 is 10.8. The quantitative estimate of drug-likeness (QED) is 0.840. The van der Waals surface area contributed by atoms with Crippen LogP contribution in [0, 0.1) is 0 Å². The highest BCUT2D eigenvalue weighted by Gasteiger charge is 2.37. The number of Topliss-reactive ketones (excluding diaryl/α,β-unsaturated/α-hetero) is 1. The maximum Gasteiger partial charge on any atom is 0.219 e. The van der Waals surface area contributed by atoms with Crippen LogP contribution in [-0.2, 0) is 15.3 Å². The number of aliphatic hydroxyl groups excluding tert-OH is 2. The van der Waals surface area contributed by atoms with Crippen molar-refractivity contribution in [1.29, 1.82) is 0 Å². The molecular formula is C18H20O5. The second-order valence-electron chi connectivity index (χ2n) is 4.92. The van der Waals surface area contributed by atoms with Crippen LogP contribution in [-0.4, -0.2) is 42.4 Å². The lowest BCUT2D eigenvalue weighted by Gasteiger charge is -2.24. The fourth-order valence-electron chi connectivity index (χ4n) is 2.21. The number of ketones is 1. The average molecular weight is 316 g/mol. The van der Waals surface area contributed by atoms with Crippen molar-refractivity contribution in [2.75, 3.05) is 26.4 Å². The summed E-state index contributed by atoms with van der Waals surface area (Å²) in [6.07, 6.45) is 0. The molecular weight excluding hydrogens is 296 g/mol. The molecule has 0 radical (unpaired) electrons. The Bertz CT molecular complexity index is 591. The van der Waals surface area contributed by atoms with Crippen LogP contribution in [0.25, 0.3) is 0 Å². The molecule has 23 heavy (non-hydrogen) atoms. The molecule has 0 aromatic heterocycles. The van der Waals surface area contributed by atoms with Crippen molar-refractivity contribution >= 4 is 5.78 Å². The zero-order valence-corrected chi connectivity index (χ0v) is 12.7. The summed E-state index contributed by atoms with van der Waals surface area (Å²) >= 11 is 0. The maximum absolute atomic E-state index is 10.8. The zero-order valence-electron chi connectivity index (χ0n) is 12.7. The van der Waals surface area contributed by atoms with Crippen LogP contribution in [0.1, 0.15) is 15.9 Å². The fourth-order valence-corrected chi connectivity index (χ4v) is 2.21. The van der Waals surface area contributed by atoms with Crippen molar-refractivity contribution in [3.8, 4) is 0 Å². The normalized spacial score (nSPS) is 15.6. The summed E-state index contributed by atoms with van der Waals surface area (Å²) in [4.78, 5) is 10.8. The van der Waals surface area contributed by atoms with E-state index < -0.39 is 12.4 Å². The SMILES string of the molecule is O=C(CO)c1ccccc1.OCC1(c2ccccc2)OCCO1. The first kappa shape index (κ1) is 17.3. The fraction of sp³-hybridized carbons (Fsp3) is 0.278. The molecule has 2 aromatic rings. The van der Waals surface area contributed by atoms with Crippen molar-refractivity contribution in [3.63, 3.8) is 0 Å². The van der Waals surface area contributed by atoms with Crippen LogP contribution in [0.2, 0.25) is 0 Å². The number of ether oxygens (including phenoxy) is 2. The minimum atomic E-state index is -0.915. The second-order valence-corrected chi connectivity index (χ2v) is 4.92. The maximum atomic E-state index is 10.8. The highest BCUT2D eigenvalue weighted by molar-refractivity contribution is 5.96. The number of aliphatic hydroxyl groups is 2. The minimum Gasteiger partial charge on any atom is -0.390 e. The lowest BCUT2D eigenvalue weighted by molar-refractivity contribution is -0.191. The van der Waals surface area contributed by atoms with Gasteiger partial charge in [0.25, 0.3) is 0 Å². The minimum absolute atomic E-state index is 0.142. The van der Waals surface area contributed by atoms with E-state index in [2.05, 4.69) is 0 Å². The first-order valence-electron chi connectivity index (χ1n) is 7.35. The van der Waals surface area contributed by atoms with E-state index in [9.17, 15) is 9.90 Å². The molecule has 2 N–H and O–H groups in total. The van der Waals surface area contributed by atoms with Crippen LogP contribution in [0.15, 0.2) is 60.7 Å². The van der Waals surface area contributed by atoms with Gasteiger partial charge in [-0.05, 0) is 0 Å². The average Bonchev–Trinajstić information content (AvgIpc) is 3.13. The van der Waals surface area contributed by atoms with Gasteiger partial charge in [-0.3, -0.25) is 4.79 Å². The molecule has 2 aromatic carbocycles. The Morgan fingerprint density at radius 1 is 0.913 bits per heavy atom.